The van der Waals surface area contributed by atoms with Crippen LogP contribution in [0.4, 0.5) is 4.79 Å². The van der Waals surface area contributed by atoms with E-state index in [1.54, 1.807) is 11.8 Å². The third-order valence-corrected chi connectivity index (χ3v) is 2.27. The number of carbonyl (C=O) groups is 1. The van der Waals surface area contributed by atoms with Gasteiger partial charge in [-0.05, 0) is 25.7 Å². The Morgan fingerprint density at radius 3 is 2.92 bits per heavy atom. The maximum Gasteiger partial charge on any atom is 0.314 e. The van der Waals surface area contributed by atoms with E-state index in [2.05, 4.69) is 0 Å². The molecule has 2 atom stereocenters. The molecule has 1 aliphatic rings. The van der Waals surface area contributed by atoms with Crippen LogP contribution in [-0.2, 0) is 0 Å². The second-order valence-electron chi connectivity index (χ2n) is 3.52. The smallest absolute Gasteiger partial charge is 0.314 e. The molecule has 0 aliphatic carbocycles. The maximum absolute atomic E-state index is 10.7. The number of amides is 2. The number of hydrogen-bond acceptors (Lipinski definition) is 2. The number of aliphatic hydroxyl groups excluding tert-OH is 1. The SMILES string of the molecule is CC(O)CC1CCN(C(N)=O)C1. The van der Waals surface area contributed by atoms with Crippen LogP contribution in [0, 0.1) is 5.92 Å². The molecule has 0 bridgehead atoms. The summed E-state index contributed by atoms with van der Waals surface area (Å²) in [6.07, 6.45) is 1.46. The quantitative estimate of drug-likeness (QED) is 0.623. The van der Waals surface area contributed by atoms with Crippen LogP contribution in [-0.4, -0.2) is 35.2 Å². The zero-order valence-electron chi connectivity index (χ0n) is 7.36. The van der Waals surface area contributed by atoms with Crippen molar-refractivity contribution in [2.24, 2.45) is 11.7 Å². The predicted octanol–water partition coefficient (Wildman–Crippen LogP) is 0.158. The van der Waals surface area contributed by atoms with Gasteiger partial charge < -0.3 is 15.7 Å². The van der Waals surface area contributed by atoms with Gasteiger partial charge in [0, 0.05) is 13.1 Å². The molecule has 1 aliphatic heterocycles. The number of hydrogen-bond donors (Lipinski definition) is 2. The van der Waals surface area contributed by atoms with Crippen LogP contribution in [0.15, 0.2) is 0 Å². The largest absolute Gasteiger partial charge is 0.393 e. The van der Waals surface area contributed by atoms with E-state index in [0.717, 1.165) is 19.4 Å². The molecule has 2 amide bonds. The van der Waals surface area contributed by atoms with Gasteiger partial charge >= 0.3 is 6.03 Å². The maximum atomic E-state index is 10.7. The van der Waals surface area contributed by atoms with Crippen molar-refractivity contribution in [3.63, 3.8) is 0 Å². The molecule has 1 fully saturated rings. The lowest BCUT2D eigenvalue weighted by molar-refractivity contribution is 0.160. The summed E-state index contributed by atoms with van der Waals surface area (Å²) in [5, 5.41) is 9.10. The van der Waals surface area contributed by atoms with E-state index < -0.39 is 0 Å². The fourth-order valence-corrected chi connectivity index (χ4v) is 1.71. The van der Waals surface area contributed by atoms with E-state index in [1.165, 1.54) is 0 Å². The van der Waals surface area contributed by atoms with Crippen LogP contribution in [0.5, 0.6) is 0 Å². The first kappa shape index (κ1) is 9.32. The summed E-state index contributed by atoms with van der Waals surface area (Å²) in [6.45, 7) is 3.22. The Kier molecular flexibility index (Phi) is 2.92. The third-order valence-electron chi connectivity index (χ3n) is 2.27. The van der Waals surface area contributed by atoms with Gasteiger partial charge in [-0.2, -0.15) is 0 Å². The van der Waals surface area contributed by atoms with E-state index in [9.17, 15) is 4.79 Å². The Morgan fingerprint density at radius 1 is 1.83 bits per heavy atom. The highest BCUT2D eigenvalue weighted by atomic mass is 16.3. The molecule has 3 N–H and O–H groups in total. The minimum Gasteiger partial charge on any atom is -0.393 e. The van der Waals surface area contributed by atoms with Crippen LogP contribution < -0.4 is 5.73 Å². The minimum absolute atomic E-state index is 0.275. The van der Waals surface area contributed by atoms with Gasteiger partial charge in [-0.3, -0.25) is 0 Å². The van der Waals surface area contributed by atoms with E-state index in [0.29, 0.717) is 12.5 Å². The minimum atomic E-state index is -0.344. The average molecular weight is 172 g/mol. The van der Waals surface area contributed by atoms with Gasteiger partial charge in [0.25, 0.3) is 0 Å². The number of aliphatic hydroxyl groups is 1. The summed E-state index contributed by atoms with van der Waals surface area (Å²) < 4.78 is 0. The first-order chi connectivity index (χ1) is 5.59. The van der Waals surface area contributed by atoms with Crippen molar-refractivity contribution >= 4 is 6.03 Å². The zero-order chi connectivity index (χ0) is 9.14. The lowest BCUT2D eigenvalue weighted by Gasteiger charge is -2.13. The monoisotopic (exact) mass is 172 g/mol. The lowest BCUT2D eigenvalue weighted by Crippen LogP contribution is -2.33. The summed E-state index contributed by atoms with van der Waals surface area (Å²) in [6, 6.07) is -0.344. The molecule has 0 radical (unpaired) electrons. The van der Waals surface area contributed by atoms with Gasteiger partial charge in [-0.15, -0.1) is 0 Å². The topological polar surface area (TPSA) is 66.6 Å². The molecule has 0 saturated carbocycles. The number of urea groups is 1. The number of likely N-dealkylation sites (tertiary alicyclic amines) is 1. The highest BCUT2D eigenvalue weighted by molar-refractivity contribution is 5.72. The van der Waals surface area contributed by atoms with E-state index in [4.69, 9.17) is 10.8 Å². The highest BCUT2D eigenvalue weighted by Gasteiger charge is 2.25. The van der Waals surface area contributed by atoms with Crippen molar-refractivity contribution < 1.29 is 9.90 Å². The molecule has 0 aromatic carbocycles. The highest BCUT2D eigenvalue weighted by Crippen LogP contribution is 2.20. The van der Waals surface area contributed by atoms with Gasteiger partial charge in [0.1, 0.15) is 0 Å². The molecule has 2 unspecified atom stereocenters. The molecule has 0 spiro atoms. The molecule has 12 heavy (non-hydrogen) atoms. The van der Waals surface area contributed by atoms with Crippen LogP contribution in [0.3, 0.4) is 0 Å². The average Bonchev–Trinajstić information content (AvgIpc) is 2.34. The molecule has 4 nitrogen and oxygen atoms in total. The van der Waals surface area contributed by atoms with Crippen molar-refractivity contribution in [1.29, 1.82) is 0 Å². The third kappa shape index (κ3) is 2.37. The van der Waals surface area contributed by atoms with Gasteiger partial charge in [-0.25, -0.2) is 4.79 Å². The summed E-state index contributed by atoms with van der Waals surface area (Å²) in [7, 11) is 0. The Balaban J connectivity index is 2.30. The Labute approximate surface area is 72.3 Å². The number of carbonyl (C=O) groups excluding carboxylic acids is 1. The molecule has 70 valence electrons. The van der Waals surface area contributed by atoms with Crippen LogP contribution in [0.1, 0.15) is 19.8 Å². The fraction of sp³-hybridized carbons (Fsp3) is 0.875. The van der Waals surface area contributed by atoms with Crippen LogP contribution in [0.2, 0.25) is 0 Å². The Morgan fingerprint density at radius 2 is 2.50 bits per heavy atom. The molecule has 1 saturated heterocycles. The van der Waals surface area contributed by atoms with Crippen molar-refractivity contribution in [2.75, 3.05) is 13.1 Å². The number of nitrogens with two attached hydrogens (primary N) is 1. The van der Waals surface area contributed by atoms with E-state index in [1.807, 2.05) is 0 Å². The van der Waals surface area contributed by atoms with Gasteiger partial charge in [0.2, 0.25) is 0 Å². The Hall–Kier alpha value is -0.770. The summed E-state index contributed by atoms with van der Waals surface area (Å²) >= 11 is 0. The number of nitrogens with zero attached hydrogens (tertiary/aromatic N) is 1. The summed E-state index contributed by atoms with van der Waals surface area (Å²) in [4.78, 5) is 12.4. The zero-order valence-corrected chi connectivity index (χ0v) is 7.36. The van der Waals surface area contributed by atoms with Crippen LogP contribution >= 0.6 is 0 Å². The van der Waals surface area contributed by atoms with E-state index >= 15 is 0 Å². The number of primary amides is 1. The molecular weight excluding hydrogens is 156 g/mol. The second kappa shape index (κ2) is 3.76. The lowest BCUT2D eigenvalue weighted by atomic mass is 10.0. The van der Waals surface area contributed by atoms with E-state index in [-0.39, 0.29) is 12.1 Å². The first-order valence-corrected chi connectivity index (χ1v) is 4.32. The Bertz CT molecular complexity index is 170. The predicted molar refractivity (Wildman–Crippen MR) is 45.6 cm³/mol. The normalized spacial score (nSPS) is 25.8. The molecule has 1 rings (SSSR count). The van der Waals surface area contributed by atoms with Crippen molar-refractivity contribution in [2.45, 2.75) is 25.9 Å². The second-order valence-corrected chi connectivity index (χ2v) is 3.52. The molecule has 4 heteroatoms. The first-order valence-electron chi connectivity index (χ1n) is 4.32. The van der Waals surface area contributed by atoms with Crippen molar-refractivity contribution in [1.82, 2.24) is 4.90 Å². The molecular formula is C8H16N2O2. The van der Waals surface area contributed by atoms with Gasteiger partial charge in [0.05, 0.1) is 6.10 Å². The fourth-order valence-electron chi connectivity index (χ4n) is 1.71. The summed E-state index contributed by atoms with van der Waals surface area (Å²) in [5.74, 6) is 0.428. The van der Waals surface area contributed by atoms with Gasteiger partial charge in [-0.1, -0.05) is 0 Å². The van der Waals surface area contributed by atoms with Crippen molar-refractivity contribution in [3.8, 4) is 0 Å². The van der Waals surface area contributed by atoms with Crippen molar-refractivity contribution in [3.05, 3.63) is 0 Å². The number of rotatable bonds is 2. The standard InChI is InChI=1S/C8H16N2O2/c1-6(11)4-7-2-3-10(5-7)8(9)12/h6-7,11H,2-5H2,1H3,(H2,9,12). The molecule has 1 heterocycles. The molecule has 0 aromatic heterocycles. The van der Waals surface area contributed by atoms with Crippen LogP contribution in [0.25, 0.3) is 0 Å². The van der Waals surface area contributed by atoms with Gasteiger partial charge in [0.15, 0.2) is 0 Å². The summed E-state index contributed by atoms with van der Waals surface area (Å²) in [5.41, 5.74) is 5.12. The molecule has 0 aromatic rings.